The van der Waals surface area contributed by atoms with Crippen molar-refractivity contribution in [2.45, 2.75) is 31.8 Å². The molecule has 0 spiro atoms. The summed E-state index contributed by atoms with van der Waals surface area (Å²) >= 11 is 0. The Morgan fingerprint density at radius 2 is 2.04 bits per heavy atom. The smallest absolute Gasteiger partial charge is 0.338 e. The normalized spacial score (nSPS) is 15.2. The lowest BCUT2D eigenvalue weighted by atomic mass is 10.1. The van der Waals surface area contributed by atoms with Crippen molar-refractivity contribution in [3.63, 3.8) is 0 Å². The van der Waals surface area contributed by atoms with E-state index in [4.69, 9.17) is 19.0 Å². The highest BCUT2D eigenvalue weighted by Crippen LogP contribution is 2.35. The summed E-state index contributed by atoms with van der Waals surface area (Å²) in [6.45, 7) is 0. The van der Waals surface area contributed by atoms with Crippen LogP contribution in [0.2, 0.25) is 0 Å². The van der Waals surface area contributed by atoms with Gasteiger partial charge in [-0.15, -0.1) is 0 Å². The van der Waals surface area contributed by atoms with E-state index in [0.29, 0.717) is 28.0 Å². The molecule has 0 bridgehead atoms. The Balaban J connectivity index is 2.05. The molecule has 6 heteroatoms. The molecule has 24 heavy (non-hydrogen) atoms. The number of fused-ring (bicyclic) bond motifs is 1. The van der Waals surface area contributed by atoms with Crippen LogP contribution in [0.15, 0.2) is 28.7 Å². The van der Waals surface area contributed by atoms with Crippen molar-refractivity contribution in [1.82, 2.24) is 0 Å². The molecule has 1 aromatic carbocycles. The largest absolute Gasteiger partial charge is 0.486 e. The lowest BCUT2D eigenvalue weighted by molar-refractivity contribution is -0.131. The maximum absolute atomic E-state index is 11.9. The van der Waals surface area contributed by atoms with Gasteiger partial charge in [-0.05, 0) is 50.0 Å². The Bertz CT molecular complexity index is 795. The van der Waals surface area contributed by atoms with Crippen LogP contribution in [0.25, 0.3) is 17.0 Å². The van der Waals surface area contributed by atoms with Gasteiger partial charge >= 0.3 is 11.9 Å². The molecule has 1 saturated carbocycles. The number of ether oxygens (including phenoxy) is 2. The van der Waals surface area contributed by atoms with Crippen molar-refractivity contribution in [2.24, 2.45) is 0 Å². The van der Waals surface area contributed by atoms with E-state index in [0.717, 1.165) is 31.8 Å². The highest BCUT2D eigenvalue weighted by Gasteiger charge is 2.22. The molecule has 2 aromatic rings. The van der Waals surface area contributed by atoms with E-state index in [-0.39, 0.29) is 6.10 Å². The summed E-state index contributed by atoms with van der Waals surface area (Å²) < 4.78 is 16.5. The average molecular weight is 330 g/mol. The van der Waals surface area contributed by atoms with E-state index in [1.807, 2.05) is 0 Å². The van der Waals surface area contributed by atoms with E-state index >= 15 is 0 Å². The molecule has 1 N–H and O–H groups in total. The first-order valence-electron chi connectivity index (χ1n) is 7.81. The third kappa shape index (κ3) is 3.27. The number of hydrogen-bond acceptors (Lipinski definition) is 5. The van der Waals surface area contributed by atoms with Gasteiger partial charge in [-0.2, -0.15) is 0 Å². The average Bonchev–Trinajstić information content (AvgIpc) is 3.21. The number of benzene rings is 1. The molecule has 0 saturated heterocycles. The minimum absolute atomic E-state index is 0.139. The number of carboxylic acids is 1. The molecular formula is C18H18O6. The van der Waals surface area contributed by atoms with Gasteiger partial charge in [0.05, 0.1) is 18.8 Å². The van der Waals surface area contributed by atoms with Crippen LogP contribution in [0.1, 0.15) is 41.8 Å². The van der Waals surface area contributed by atoms with Crippen molar-refractivity contribution in [3.8, 4) is 5.75 Å². The van der Waals surface area contributed by atoms with E-state index in [9.17, 15) is 9.59 Å². The maximum atomic E-state index is 11.9. The standard InChI is InChI=1S/C18H18O6/c1-22-18(21)13-7-8-15(23-11-4-2-3-5-11)17-14(13)10-12(24-17)6-9-16(19)20/h6-11H,2-5H2,1H3,(H,19,20). The fraction of sp³-hybridized carbons (Fsp3) is 0.333. The third-order valence-electron chi connectivity index (χ3n) is 4.06. The second-order valence-corrected chi connectivity index (χ2v) is 5.69. The zero-order chi connectivity index (χ0) is 17.1. The summed E-state index contributed by atoms with van der Waals surface area (Å²) in [6, 6.07) is 4.95. The quantitative estimate of drug-likeness (QED) is 0.665. The van der Waals surface area contributed by atoms with Gasteiger partial charge in [0, 0.05) is 11.5 Å². The van der Waals surface area contributed by atoms with Crippen molar-refractivity contribution in [2.75, 3.05) is 7.11 Å². The molecule has 1 aliphatic carbocycles. The fourth-order valence-electron chi connectivity index (χ4n) is 2.92. The van der Waals surface area contributed by atoms with Gasteiger partial charge in [-0.25, -0.2) is 9.59 Å². The van der Waals surface area contributed by atoms with Crippen molar-refractivity contribution in [3.05, 3.63) is 35.6 Å². The van der Waals surface area contributed by atoms with Crippen LogP contribution >= 0.6 is 0 Å². The van der Waals surface area contributed by atoms with Gasteiger partial charge in [-0.1, -0.05) is 0 Å². The number of carboxylic acid groups (broad SMARTS) is 1. The lowest BCUT2D eigenvalue weighted by Gasteiger charge is -2.13. The molecule has 0 amide bonds. The number of furan rings is 1. The zero-order valence-corrected chi connectivity index (χ0v) is 13.3. The molecule has 1 aromatic heterocycles. The third-order valence-corrected chi connectivity index (χ3v) is 4.06. The van der Waals surface area contributed by atoms with Gasteiger partial charge in [0.15, 0.2) is 11.3 Å². The van der Waals surface area contributed by atoms with Crippen LogP contribution in [-0.2, 0) is 9.53 Å². The van der Waals surface area contributed by atoms with Crippen LogP contribution in [-0.4, -0.2) is 30.3 Å². The monoisotopic (exact) mass is 330 g/mol. The summed E-state index contributed by atoms with van der Waals surface area (Å²) in [5, 5.41) is 9.29. The van der Waals surface area contributed by atoms with E-state index in [1.165, 1.54) is 13.2 Å². The summed E-state index contributed by atoms with van der Waals surface area (Å²) in [5.41, 5.74) is 0.778. The molecule has 0 atom stereocenters. The second kappa shape index (κ2) is 6.78. The van der Waals surface area contributed by atoms with Crippen molar-refractivity contribution >= 4 is 29.0 Å². The molecule has 126 valence electrons. The summed E-state index contributed by atoms with van der Waals surface area (Å²) in [5.74, 6) is -0.674. The van der Waals surface area contributed by atoms with Crippen LogP contribution in [0.4, 0.5) is 0 Å². The molecule has 1 aliphatic rings. The Morgan fingerprint density at radius 3 is 2.71 bits per heavy atom. The highest BCUT2D eigenvalue weighted by atomic mass is 16.5. The maximum Gasteiger partial charge on any atom is 0.338 e. The van der Waals surface area contributed by atoms with Gasteiger partial charge in [-0.3, -0.25) is 0 Å². The first-order chi connectivity index (χ1) is 11.6. The number of carbonyl (C=O) groups excluding carboxylic acids is 1. The van der Waals surface area contributed by atoms with Gasteiger partial charge < -0.3 is 19.0 Å². The molecule has 0 aliphatic heterocycles. The van der Waals surface area contributed by atoms with Crippen LogP contribution in [0, 0.1) is 0 Å². The molecule has 3 rings (SSSR count). The van der Waals surface area contributed by atoms with Crippen molar-refractivity contribution < 1.29 is 28.6 Å². The topological polar surface area (TPSA) is 86.0 Å². The van der Waals surface area contributed by atoms with Crippen LogP contribution in [0.5, 0.6) is 5.75 Å². The Kier molecular flexibility index (Phi) is 4.55. The number of carbonyl (C=O) groups is 2. The number of esters is 1. The highest BCUT2D eigenvalue weighted by molar-refractivity contribution is 6.05. The summed E-state index contributed by atoms with van der Waals surface area (Å²) in [7, 11) is 1.31. The molecular weight excluding hydrogens is 312 g/mol. The summed E-state index contributed by atoms with van der Waals surface area (Å²) in [6.07, 6.45) is 6.72. The predicted octanol–water partition coefficient (Wildman–Crippen LogP) is 3.64. The number of rotatable bonds is 5. The second-order valence-electron chi connectivity index (χ2n) is 5.69. The molecule has 0 radical (unpaired) electrons. The Labute approximate surface area is 138 Å². The Hall–Kier alpha value is -2.76. The molecule has 0 unspecified atom stereocenters. The van der Waals surface area contributed by atoms with Crippen molar-refractivity contribution in [1.29, 1.82) is 0 Å². The predicted molar refractivity (Wildman–Crippen MR) is 87.1 cm³/mol. The van der Waals surface area contributed by atoms with Gasteiger partial charge in [0.2, 0.25) is 0 Å². The van der Waals surface area contributed by atoms with Crippen LogP contribution in [0.3, 0.4) is 0 Å². The summed E-state index contributed by atoms with van der Waals surface area (Å²) in [4.78, 5) is 22.6. The minimum atomic E-state index is -1.08. The zero-order valence-electron chi connectivity index (χ0n) is 13.3. The SMILES string of the molecule is COC(=O)c1ccc(OC2CCCC2)c2oc(C=CC(=O)O)cc12. The van der Waals surface area contributed by atoms with Crippen LogP contribution < -0.4 is 4.74 Å². The van der Waals surface area contributed by atoms with Gasteiger partial charge in [0.1, 0.15) is 5.76 Å². The first kappa shape index (κ1) is 16.1. The van der Waals surface area contributed by atoms with E-state index < -0.39 is 11.9 Å². The number of hydrogen-bond donors (Lipinski definition) is 1. The minimum Gasteiger partial charge on any atom is -0.486 e. The lowest BCUT2D eigenvalue weighted by Crippen LogP contribution is -2.11. The fourth-order valence-corrected chi connectivity index (χ4v) is 2.92. The molecule has 6 nitrogen and oxygen atoms in total. The first-order valence-corrected chi connectivity index (χ1v) is 7.81. The Morgan fingerprint density at radius 1 is 1.29 bits per heavy atom. The van der Waals surface area contributed by atoms with E-state index in [2.05, 4.69) is 0 Å². The number of aliphatic carboxylic acids is 1. The van der Waals surface area contributed by atoms with Gasteiger partial charge in [0.25, 0.3) is 0 Å². The number of methoxy groups -OCH3 is 1. The van der Waals surface area contributed by atoms with E-state index in [1.54, 1.807) is 18.2 Å². The molecule has 1 fully saturated rings. The molecule has 1 heterocycles.